The fourth-order valence-corrected chi connectivity index (χ4v) is 12.2. The Bertz CT molecular complexity index is 2370. The average Bonchev–Trinajstić information content (AvgIpc) is 3.50. The maximum absolute atomic E-state index is 10.7. The van der Waals surface area contributed by atoms with Crippen LogP contribution in [0.5, 0.6) is 0 Å². The Balaban J connectivity index is 1.42. The van der Waals surface area contributed by atoms with Crippen LogP contribution >= 0.6 is 0 Å². The van der Waals surface area contributed by atoms with Gasteiger partial charge in [0.2, 0.25) is 5.69 Å². The third-order valence-electron chi connectivity index (χ3n) is 9.41. The number of hydrogen-bond acceptors (Lipinski definition) is 1. The zero-order valence-electron chi connectivity index (χ0n) is 26.1. The molecule has 224 valence electrons. The summed E-state index contributed by atoms with van der Waals surface area (Å²) in [6.45, 7) is 8.11. The van der Waals surface area contributed by atoms with Crippen molar-refractivity contribution in [1.29, 1.82) is 5.26 Å². The molecule has 48 heavy (non-hydrogen) atoms. The van der Waals surface area contributed by atoms with Gasteiger partial charge in [-0.3, -0.25) is 0 Å². The zero-order chi connectivity index (χ0) is 32.5. The van der Waals surface area contributed by atoms with Gasteiger partial charge in [0.1, 0.15) is 0 Å². The van der Waals surface area contributed by atoms with Crippen LogP contribution in [-0.2, 0) is 0 Å². The second-order valence-corrected chi connectivity index (χ2v) is 15.7. The molecule has 0 aliphatic heterocycles. The summed E-state index contributed by atoms with van der Waals surface area (Å²) in [7, 11) is -2.96. The van der Waals surface area contributed by atoms with Gasteiger partial charge >= 0.3 is 0 Å². The van der Waals surface area contributed by atoms with Crippen molar-refractivity contribution in [2.45, 2.75) is 0 Å². The Morgan fingerprint density at radius 3 is 1.48 bits per heavy atom. The van der Waals surface area contributed by atoms with E-state index in [0.29, 0.717) is 11.3 Å². The predicted octanol–water partition coefficient (Wildman–Crippen LogP) is 8.25. The molecule has 0 N–H and O–H groups in total. The van der Waals surface area contributed by atoms with Crippen molar-refractivity contribution in [1.82, 2.24) is 4.57 Å². The molecule has 0 saturated heterocycles. The van der Waals surface area contributed by atoms with Crippen molar-refractivity contribution < 1.29 is 0 Å². The molecular weight excluding hydrogens is 599 g/mol. The summed E-state index contributed by atoms with van der Waals surface area (Å²) in [6, 6.07) is 63.7. The predicted molar refractivity (Wildman–Crippen MR) is 201 cm³/mol. The highest BCUT2D eigenvalue weighted by Gasteiger charge is 2.43. The minimum absolute atomic E-state index is 0.584. The van der Waals surface area contributed by atoms with Crippen molar-refractivity contribution >= 4 is 56.3 Å². The molecule has 1 aromatic heterocycles. The first kappa shape index (κ1) is 29.0. The Hall–Kier alpha value is -6.46. The molecular formula is C44H29N3Si. The lowest BCUT2D eigenvalue weighted by molar-refractivity contribution is 1.19. The summed E-state index contributed by atoms with van der Waals surface area (Å²) < 4.78 is 2.21. The fraction of sp³-hybridized carbons (Fsp3) is 0. The molecule has 0 amide bonds. The average molecular weight is 628 g/mol. The molecule has 0 fully saturated rings. The van der Waals surface area contributed by atoms with Crippen molar-refractivity contribution in [2.75, 3.05) is 0 Å². The van der Waals surface area contributed by atoms with Gasteiger partial charge in [0.05, 0.1) is 34.9 Å². The first-order valence-electron chi connectivity index (χ1n) is 16.0. The lowest BCUT2D eigenvalue weighted by atomic mass is 10.0. The first-order valence-corrected chi connectivity index (χ1v) is 18.0. The van der Waals surface area contributed by atoms with Crippen LogP contribution in [0.3, 0.4) is 0 Å². The van der Waals surface area contributed by atoms with Crippen LogP contribution in [0.15, 0.2) is 176 Å². The summed E-state index contributed by atoms with van der Waals surface area (Å²) in [5.74, 6) is 0. The molecule has 4 heteroatoms. The lowest BCUT2D eigenvalue weighted by Crippen LogP contribution is -2.75. The van der Waals surface area contributed by atoms with E-state index in [2.05, 4.69) is 155 Å². The quantitative estimate of drug-likeness (QED) is 0.104. The van der Waals surface area contributed by atoms with E-state index in [1.54, 1.807) is 0 Å². The minimum atomic E-state index is -2.96. The van der Waals surface area contributed by atoms with Gasteiger partial charge in [-0.1, -0.05) is 152 Å². The van der Waals surface area contributed by atoms with Crippen LogP contribution in [0, 0.1) is 17.9 Å². The highest BCUT2D eigenvalue weighted by molar-refractivity contribution is 7.20. The number of hydrogen-bond donors (Lipinski definition) is 0. The van der Waals surface area contributed by atoms with Crippen LogP contribution in [0.4, 0.5) is 5.69 Å². The Morgan fingerprint density at radius 2 is 0.979 bits per heavy atom. The van der Waals surface area contributed by atoms with Gasteiger partial charge in [-0.05, 0) is 56.1 Å². The highest BCUT2D eigenvalue weighted by Crippen LogP contribution is 2.37. The number of fused-ring (bicyclic) bond motifs is 3. The van der Waals surface area contributed by atoms with Gasteiger partial charge in [0.25, 0.3) is 0 Å². The standard InChI is InChI=1S/C44H29N3Si/c1-46-40-28-27-32(29-43(40)47-41-23-13-11-21-38(41)39-22-12-14-24-42(39)47)33-25-26-34(31-45)44(30-33)48(35-15-5-2-6-16-35,36-17-7-3-8-18-36)37-19-9-4-10-20-37/h2-30H. The normalized spacial score (nSPS) is 11.3. The van der Waals surface area contributed by atoms with Crippen molar-refractivity contribution in [3.05, 3.63) is 193 Å². The van der Waals surface area contributed by atoms with Gasteiger partial charge in [-0.2, -0.15) is 5.26 Å². The molecule has 8 aromatic rings. The molecule has 0 aliphatic carbocycles. The monoisotopic (exact) mass is 627 g/mol. The topological polar surface area (TPSA) is 33.1 Å². The van der Waals surface area contributed by atoms with E-state index < -0.39 is 8.07 Å². The van der Waals surface area contributed by atoms with E-state index in [9.17, 15) is 5.26 Å². The number of para-hydroxylation sites is 2. The molecule has 0 spiro atoms. The molecule has 0 saturated carbocycles. The van der Waals surface area contributed by atoms with E-state index >= 15 is 0 Å². The zero-order valence-corrected chi connectivity index (χ0v) is 27.1. The van der Waals surface area contributed by atoms with E-state index in [1.807, 2.05) is 36.4 Å². The summed E-state index contributed by atoms with van der Waals surface area (Å²) in [6.07, 6.45) is 0. The maximum Gasteiger partial charge on any atom is 0.210 e. The molecule has 0 radical (unpaired) electrons. The smallest absolute Gasteiger partial charge is 0.210 e. The summed E-state index contributed by atoms with van der Waals surface area (Å²) >= 11 is 0. The number of aromatic nitrogens is 1. The molecule has 8 rings (SSSR count). The molecule has 1 heterocycles. The van der Waals surface area contributed by atoms with E-state index in [-0.39, 0.29) is 0 Å². The highest BCUT2D eigenvalue weighted by atomic mass is 28.3. The van der Waals surface area contributed by atoms with Gasteiger partial charge < -0.3 is 4.57 Å². The number of nitriles is 1. The number of benzene rings is 7. The van der Waals surface area contributed by atoms with Crippen molar-refractivity contribution in [3.63, 3.8) is 0 Å². The van der Waals surface area contributed by atoms with Crippen LogP contribution in [-0.4, -0.2) is 12.6 Å². The molecule has 7 aromatic carbocycles. The Labute approximate surface area is 281 Å². The largest absolute Gasteiger partial charge is 0.319 e. The second kappa shape index (κ2) is 12.0. The summed E-state index contributed by atoms with van der Waals surface area (Å²) in [5, 5.41) is 17.6. The molecule has 0 unspecified atom stereocenters. The van der Waals surface area contributed by atoms with Crippen LogP contribution < -0.4 is 20.7 Å². The van der Waals surface area contributed by atoms with E-state index in [1.165, 1.54) is 15.6 Å². The fourth-order valence-electron chi connectivity index (χ4n) is 7.32. The first-order chi connectivity index (χ1) is 23.7. The summed E-state index contributed by atoms with van der Waals surface area (Å²) in [4.78, 5) is 3.97. The molecule has 0 aliphatic rings. The van der Waals surface area contributed by atoms with Gasteiger partial charge in [-0.15, -0.1) is 0 Å². The minimum Gasteiger partial charge on any atom is -0.319 e. The van der Waals surface area contributed by atoms with Crippen LogP contribution in [0.2, 0.25) is 0 Å². The van der Waals surface area contributed by atoms with E-state index in [0.717, 1.165) is 43.8 Å². The van der Waals surface area contributed by atoms with Crippen LogP contribution in [0.25, 0.3) is 43.5 Å². The third kappa shape index (κ3) is 4.55. The maximum atomic E-state index is 10.7. The lowest BCUT2D eigenvalue weighted by Gasteiger charge is -2.35. The van der Waals surface area contributed by atoms with Crippen molar-refractivity contribution in [2.24, 2.45) is 0 Å². The molecule has 0 atom stereocenters. The molecule has 3 nitrogen and oxygen atoms in total. The van der Waals surface area contributed by atoms with E-state index in [4.69, 9.17) is 6.57 Å². The SMILES string of the molecule is [C-]#[N+]c1ccc(-c2ccc(C#N)c([Si](c3ccccc3)(c3ccccc3)c3ccccc3)c2)cc1-n1c2ccccc2c2ccccc21. The van der Waals surface area contributed by atoms with Gasteiger partial charge in [0, 0.05) is 10.8 Å². The Morgan fingerprint density at radius 1 is 0.521 bits per heavy atom. The number of nitrogens with zero attached hydrogens (tertiary/aromatic N) is 3. The van der Waals surface area contributed by atoms with Crippen molar-refractivity contribution in [3.8, 4) is 22.9 Å². The summed E-state index contributed by atoms with van der Waals surface area (Å²) in [5.41, 5.74) is 6.20. The van der Waals surface area contributed by atoms with Crippen LogP contribution in [0.1, 0.15) is 5.56 Å². The number of rotatable bonds is 6. The third-order valence-corrected chi connectivity index (χ3v) is 14.2. The van der Waals surface area contributed by atoms with Gasteiger partial charge in [0.15, 0.2) is 8.07 Å². The Kier molecular flexibility index (Phi) is 7.27. The van der Waals surface area contributed by atoms with Gasteiger partial charge in [-0.25, -0.2) is 4.85 Å². The molecule has 0 bridgehead atoms. The second-order valence-electron chi connectivity index (χ2n) is 11.9.